The van der Waals surface area contributed by atoms with Gasteiger partial charge in [-0.3, -0.25) is 14.5 Å². The van der Waals surface area contributed by atoms with Crippen molar-refractivity contribution < 1.29 is 23.8 Å². The molecule has 0 bridgehead atoms. The number of anilines is 1. The number of ketones is 1. The number of carbonyl (C=O) groups is 2. The molecule has 4 aromatic rings. The van der Waals surface area contributed by atoms with Crippen LogP contribution in [0.25, 0.3) is 16.0 Å². The molecule has 2 heterocycles. The molecule has 3 aromatic carbocycles. The van der Waals surface area contributed by atoms with Gasteiger partial charge in [0, 0.05) is 11.1 Å². The zero-order valence-corrected chi connectivity index (χ0v) is 19.8. The number of aliphatic hydroxyl groups excluding tert-OH is 1. The van der Waals surface area contributed by atoms with E-state index in [9.17, 15) is 19.1 Å². The van der Waals surface area contributed by atoms with Crippen molar-refractivity contribution in [3.05, 3.63) is 94.8 Å². The Balaban J connectivity index is 1.74. The van der Waals surface area contributed by atoms with Gasteiger partial charge in [0.05, 0.1) is 22.9 Å². The highest BCUT2D eigenvalue weighted by Gasteiger charge is 2.49. The molecule has 176 valence electrons. The molecule has 1 atom stereocenters. The van der Waals surface area contributed by atoms with E-state index in [0.29, 0.717) is 22.0 Å². The number of rotatable bonds is 5. The van der Waals surface area contributed by atoms with Crippen molar-refractivity contribution >= 4 is 44.1 Å². The number of aromatic nitrogens is 1. The van der Waals surface area contributed by atoms with Crippen LogP contribution in [0.1, 0.15) is 29.7 Å². The Morgan fingerprint density at radius 2 is 1.86 bits per heavy atom. The van der Waals surface area contributed by atoms with Crippen LogP contribution < -0.4 is 9.64 Å². The molecule has 0 aliphatic carbocycles. The summed E-state index contributed by atoms with van der Waals surface area (Å²) in [5, 5.41) is 11.5. The van der Waals surface area contributed by atoms with Gasteiger partial charge < -0.3 is 9.84 Å². The number of para-hydroxylation sites is 1. The van der Waals surface area contributed by atoms with E-state index < -0.39 is 29.3 Å². The van der Waals surface area contributed by atoms with Gasteiger partial charge in [-0.1, -0.05) is 42.5 Å². The second-order valence-electron chi connectivity index (χ2n) is 8.07. The Bertz CT molecular complexity index is 1490. The average Bonchev–Trinajstić information content (AvgIpc) is 3.41. The highest BCUT2D eigenvalue weighted by atomic mass is 32.1. The lowest BCUT2D eigenvalue weighted by atomic mass is 9.94. The van der Waals surface area contributed by atoms with Crippen LogP contribution in [0.4, 0.5) is 9.52 Å². The van der Waals surface area contributed by atoms with Crippen LogP contribution in [0.3, 0.4) is 0 Å². The minimum Gasteiger partial charge on any atom is -0.507 e. The number of methoxy groups -OCH3 is 1. The van der Waals surface area contributed by atoms with E-state index in [0.717, 1.165) is 16.7 Å². The third-order valence-corrected chi connectivity index (χ3v) is 7.07. The first kappa shape index (κ1) is 22.7. The number of carbonyl (C=O) groups excluding carboxylic acids is 2. The normalized spacial score (nSPS) is 17.3. The van der Waals surface area contributed by atoms with Gasteiger partial charge in [-0.15, -0.1) is 0 Å². The van der Waals surface area contributed by atoms with Gasteiger partial charge in [0.15, 0.2) is 5.13 Å². The summed E-state index contributed by atoms with van der Waals surface area (Å²) in [7, 11) is 1.49. The lowest BCUT2D eigenvalue weighted by molar-refractivity contribution is -0.132. The number of aryl methyl sites for hydroxylation is 1. The Labute approximate surface area is 204 Å². The number of ether oxygens (including phenoxy) is 1. The van der Waals surface area contributed by atoms with Crippen LogP contribution in [0.15, 0.2) is 72.3 Å². The molecule has 1 N–H and O–H groups in total. The molecule has 1 amide bonds. The van der Waals surface area contributed by atoms with Crippen LogP contribution in [0.2, 0.25) is 0 Å². The van der Waals surface area contributed by atoms with Crippen molar-refractivity contribution in [3.8, 4) is 5.75 Å². The standard InChI is InChI=1S/C27H21FN2O4S/c1-3-15-8-13-19-21(14-15)35-27(29-19)30-23(18-6-4-5-7-20(18)34-2)22(25(32)26(30)33)24(31)16-9-11-17(28)12-10-16/h4-14,23,31H,3H2,1-2H3/b24-22+. The van der Waals surface area contributed by atoms with E-state index in [2.05, 4.69) is 11.9 Å². The number of fused-ring (bicyclic) bond motifs is 1. The van der Waals surface area contributed by atoms with Gasteiger partial charge in [-0.25, -0.2) is 9.37 Å². The SMILES string of the molecule is CCc1ccc2nc(N3C(=O)C(=O)/C(=C(/O)c4ccc(F)cc4)C3c3ccccc3OC)sc2c1. The number of halogens is 1. The summed E-state index contributed by atoms with van der Waals surface area (Å²) in [6.45, 7) is 2.05. The van der Waals surface area contributed by atoms with Crippen molar-refractivity contribution in [1.82, 2.24) is 4.98 Å². The summed E-state index contributed by atoms with van der Waals surface area (Å²) in [5.41, 5.74) is 2.47. The number of hydrogen-bond acceptors (Lipinski definition) is 6. The molecule has 0 radical (unpaired) electrons. The maximum atomic E-state index is 13.5. The maximum absolute atomic E-state index is 13.5. The summed E-state index contributed by atoms with van der Waals surface area (Å²) >= 11 is 1.30. The van der Waals surface area contributed by atoms with E-state index in [4.69, 9.17) is 4.74 Å². The quantitative estimate of drug-likeness (QED) is 0.224. The second-order valence-corrected chi connectivity index (χ2v) is 9.08. The fourth-order valence-corrected chi connectivity index (χ4v) is 5.32. The van der Waals surface area contributed by atoms with Gasteiger partial charge in [0.2, 0.25) is 0 Å². The highest BCUT2D eigenvalue weighted by molar-refractivity contribution is 7.22. The van der Waals surface area contributed by atoms with Crippen molar-refractivity contribution in [1.29, 1.82) is 0 Å². The molecule has 1 aliphatic rings. The van der Waals surface area contributed by atoms with Crippen LogP contribution in [0.5, 0.6) is 5.75 Å². The zero-order valence-electron chi connectivity index (χ0n) is 19.0. The smallest absolute Gasteiger partial charge is 0.301 e. The number of amides is 1. The fourth-order valence-electron chi connectivity index (χ4n) is 4.26. The number of aliphatic hydroxyl groups is 1. The monoisotopic (exact) mass is 488 g/mol. The molecule has 0 spiro atoms. The van der Waals surface area contributed by atoms with Gasteiger partial charge in [-0.05, 0) is 54.4 Å². The average molecular weight is 489 g/mol. The predicted octanol–water partition coefficient (Wildman–Crippen LogP) is 5.63. The van der Waals surface area contributed by atoms with Crippen LogP contribution >= 0.6 is 11.3 Å². The molecule has 5 rings (SSSR count). The number of thiazole rings is 1. The van der Waals surface area contributed by atoms with E-state index in [1.165, 1.54) is 47.6 Å². The number of Topliss-reactive ketones (excluding diaryl/α,β-unsaturated/α-hetero) is 1. The van der Waals surface area contributed by atoms with Crippen LogP contribution in [-0.4, -0.2) is 28.9 Å². The van der Waals surface area contributed by atoms with E-state index in [-0.39, 0.29) is 11.1 Å². The summed E-state index contributed by atoms with van der Waals surface area (Å²) in [5.74, 6) is -2.08. The van der Waals surface area contributed by atoms with Crippen molar-refractivity contribution in [3.63, 3.8) is 0 Å². The summed E-state index contributed by atoms with van der Waals surface area (Å²) in [6, 6.07) is 17.0. The van der Waals surface area contributed by atoms with Crippen molar-refractivity contribution in [2.24, 2.45) is 0 Å². The molecule has 1 aliphatic heterocycles. The van der Waals surface area contributed by atoms with Crippen molar-refractivity contribution in [2.45, 2.75) is 19.4 Å². The number of hydrogen-bond donors (Lipinski definition) is 1. The maximum Gasteiger partial charge on any atom is 0.301 e. The Hall–Kier alpha value is -4.04. The molecule has 35 heavy (non-hydrogen) atoms. The van der Waals surface area contributed by atoms with Crippen LogP contribution in [-0.2, 0) is 16.0 Å². The fraction of sp³-hybridized carbons (Fsp3) is 0.148. The van der Waals surface area contributed by atoms with Crippen molar-refractivity contribution in [2.75, 3.05) is 12.0 Å². The molecule has 8 heteroatoms. The molecule has 1 aromatic heterocycles. The lowest BCUT2D eigenvalue weighted by Gasteiger charge is -2.24. The van der Waals surface area contributed by atoms with Gasteiger partial charge >= 0.3 is 5.91 Å². The summed E-state index contributed by atoms with van der Waals surface area (Å²) in [4.78, 5) is 32.7. The van der Waals surface area contributed by atoms with E-state index >= 15 is 0 Å². The minimum absolute atomic E-state index is 0.111. The molecule has 1 saturated heterocycles. The lowest BCUT2D eigenvalue weighted by Crippen LogP contribution is -2.29. The Morgan fingerprint density at radius 3 is 2.57 bits per heavy atom. The van der Waals surface area contributed by atoms with Gasteiger partial charge in [-0.2, -0.15) is 0 Å². The van der Waals surface area contributed by atoms with Crippen LogP contribution in [0, 0.1) is 5.82 Å². The van der Waals surface area contributed by atoms with E-state index in [1.54, 1.807) is 24.3 Å². The second kappa shape index (κ2) is 8.96. The topological polar surface area (TPSA) is 79.7 Å². The molecule has 1 unspecified atom stereocenters. The third-order valence-electron chi connectivity index (χ3n) is 6.05. The largest absolute Gasteiger partial charge is 0.507 e. The predicted molar refractivity (Wildman–Crippen MR) is 133 cm³/mol. The Morgan fingerprint density at radius 1 is 1.11 bits per heavy atom. The first-order valence-corrected chi connectivity index (χ1v) is 11.8. The first-order valence-electron chi connectivity index (χ1n) is 11.0. The highest BCUT2D eigenvalue weighted by Crippen LogP contribution is 2.46. The third kappa shape index (κ3) is 3.85. The number of benzene rings is 3. The molecular weight excluding hydrogens is 467 g/mol. The molecule has 1 fully saturated rings. The van der Waals surface area contributed by atoms with E-state index in [1.807, 2.05) is 18.2 Å². The number of nitrogens with zero attached hydrogens (tertiary/aromatic N) is 2. The molecule has 0 saturated carbocycles. The zero-order chi connectivity index (χ0) is 24.7. The molecule has 6 nitrogen and oxygen atoms in total. The Kier molecular flexibility index (Phi) is 5.82. The summed E-state index contributed by atoms with van der Waals surface area (Å²) < 4.78 is 19.9. The molecular formula is C27H21FN2O4S. The first-order chi connectivity index (χ1) is 16.9. The summed E-state index contributed by atoms with van der Waals surface area (Å²) in [6.07, 6.45) is 0.854. The minimum atomic E-state index is -0.984. The van der Waals surface area contributed by atoms with Gasteiger partial charge in [0.1, 0.15) is 23.4 Å². The van der Waals surface area contributed by atoms with Gasteiger partial charge in [0.25, 0.3) is 5.78 Å².